The first-order valence-electron chi connectivity index (χ1n) is 11.6. The summed E-state index contributed by atoms with van der Waals surface area (Å²) in [7, 11) is 0. The van der Waals surface area contributed by atoms with Gasteiger partial charge in [0, 0.05) is 11.1 Å². The summed E-state index contributed by atoms with van der Waals surface area (Å²) in [5.74, 6) is 1.63. The molecule has 0 aliphatic carbocycles. The van der Waals surface area contributed by atoms with Gasteiger partial charge < -0.3 is 14.2 Å². The molecule has 0 aliphatic rings. The Labute approximate surface area is 200 Å². The molecule has 0 atom stereocenters. The Morgan fingerprint density at radius 1 is 0.676 bits per heavy atom. The maximum Gasteiger partial charge on any atom is 0.336 e. The molecule has 0 radical (unpaired) electrons. The van der Waals surface area contributed by atoms with Gasteiger partial charge in [0.1, 0.15) is 29.5 Å². The summed E-state index contributed by atoms with van der Waals surface area (Å²) in [6, 6.07) is 24.0. The third kappa shape index (κ3) is 5.70. The van der Waals surface area contributed by atoms with Crippen molar-refractivity contribution >= 4 is 0 Å². The van der Waals surface area contributed by atoms with Gasteiger partial charge in [0.05, 0.1) is 13.2 Å². The van der Waals surface area contributed by atoms with Crippen molar-refractivity contribution in [2.45, 2.75) is 33.8 Å². The van der Waals surface area contributed by atoms with Crippen LogP contribution in [0.1, 0.15) is 31.4 Å². The summed E-state index contributed by atoms with van der Waals surface area (Å²) in [4.78, 5) is 4.74. The average Bonchev–Trinajstić information content (AvgIpc) is 2.88. The van der Waals surface area contributed by atoms with Crippen LogP contribution in [0.5, 0.6) is 17.5 Å². The van der Waals surface area contributed by atoms with Gasteiger partial charge in [0.2, 0.25) is 0 Å². The highest BCUT2D eigenvalue weighted by atomic mass is 16.5. The summed E-state index contributed by atoms with van der Waals surface area (Å²) in [5, 5.41) is 8.77. The lowest BCUT2D eigenvalue weighted by Crippen LogP contribution is -2.05. The van der Waals surface area contributed by atoms with Crippen molar-refractivity contribution in [3.63, 3.8) is 0 Å². The van der Waals surface area contributed by atoms with Crippen molar-refractivity contribution < 1.29 is 14.2 Å². The largest absolute Gasteiger partial charge is 0.494 e. The lowest BCUT2D eigenvalue weighted by molar-refractivity contribution is 0.276. The van der Waals surface area contributed by atoms with Crippen molar-refractivity contribution in [2.75, 3.05) is 13.2 Å². The number of benzene rings is 3. The van der Waals surface area contributed by atoms with Crippen LogP contribution in [0, 0.1) is 6.92 Å². The Morgan fingerprint density at radius 2 is 1.32 bits per heavy atom. The van der Waals surface area contributed by atoms with E-state index >= 15 is 0 Å². The number of aryl methyl sites for hydroxylation is 1. The fourth-order valence-corrected chi connectivity index (χ4v) is 3.49. The Kier molecular flexibility index (Phi) is 7.71. The van der Waals surface area contributed by atoms with Crippen molar-refractivity contribution in [1.82, 2.24) is 15.2 Å². The molecule has 0 unspecified atom stereocenters. The molecule has 0 aliphatic heterocycles. The molecule has 0 fully saturated rings. The van der Waals surface area contributed by atoms with Crippen molar-refractivity contribution in [3.05, 3.63) is 83.9 Å². The predicted molar refractivity (Wildman–Crippen MR) is 133 cm³/mol. The molecule has 4 aromatic rings. The lowest BCUT2D eigenvalue weighted by Gasteiger charge is -2.12. The van der Waals surface area contributed by atoms with Gasteiger partial charge in [0.15, 0.2) is 0 Å². The van der Waals surface area contributed by atoms with Gasteiger partial charge in [-0.15, -0.1) is 5.10 Å². The minimum atomic E-state index is 0.235. The quantitative estimate of drug-likeness (QED) is 0.280. The molecule has 1 heterocycles. The van der Waals surface area contributed by atoms with Crippen LogP contribution in [0.2, 0.25) is 0 Å². The predicted octanol–water partition coefficient (Wildman–Crippen LogP) is 6.28. The van der Waals surface area contributed by atoms with Gasteiger partial charge in [-0.3, -0.25) is 0 Å². The number of ether oxygens (including phenoxy) is 3. The van der Waals surface area contributed by atoms with E-state index in [0.29, 0.717) is 31.2 Å². The fraction of sp³-hybridized carbons (Fsp3) is 0.250. The first-order valence-corrected chi connectivity index (χ1v) is 11.6. The second-order valence-corrected chi connectivity index (χ2v) is 7.84. The number of hydrogen-bond acceptors (Lipinski definition) is 6. The summed E-state index contributed by atoms with van der Waals surface area (Å²) in [5.41, 5.74) is 5.41. The van der Waals surface area contributed by atoms with Gasteiger partial charge >= 0.3 is 6.01 Å². The highest BCUT2D eigenvalue weighted by Gasteiger charge is 2.15. The van der Waals surface area contributed by atoms with E-state index < -0.39 is 0 Å². The smallest absolute Gasteiger partial charge is 0.336 e. The molecule has 0 N–H and O–H groups in total. The van der Waals surface area contributed by atoms with Crippen molar-refractivity contribution in [3.8, 4) is 40.0 Å². The standard InChI is InChI=1S/C28H29N3O3/c1-4-18-33-25-16-12-22(13-17-25)27-26(21-10-14-24(15-11-21)32-5-2)29-28(31-30-27)34-19-23-9-7-6-8-20(23)3/h6-17H,4-5,18-19H2,1-3H3. The zero-order valence-corrected chi connectivity index (χ0v) is 19.8. The second-order valence-electron chi connectivity index (χ2n) is 7.84. The van der Waals surface area contributed by atoms with E-state index in [1.807, 2.05) is 73.7 Å². The summed E-state index contributed by atoms with van der Waals surface area (Å²) >= 11 is 0. The SMILES string of the molecule is CCCOc1ccc(-c2nnc(OCc3ccccc3C)nc2-c2ccc(OCC)cc2)cc1. The van der Waals surface area contributed by atoms with Crippen LogP contribution in [-0.2, 0) is 6.61 Å². The zero-order valence-electron chi connectivity index (χ0n) is 19.8. The van der Waals surface area contributed by atoms with E-state index in [4.69, 9.17) is 19.2 Å². The molecule has 0 bridgehead atoms. The molecule has 6 nitrogen and oxygen atoms in total. The van der Waals surface area contributed by atoms with Gasteiger partial charge in [-0.1, -0.05) is 36.3 Å². The Hall–Kier alpha value is -3.93. The highest BCUT2D eigenvalue weighted by Crippen LogP contribution is 2.31. The van der Waals surface area contributed by atoms with Crippen LogP contribution in [0.3, 0.4) is 0 Å². The number of nitrogens with zero attached hydrogens (tertiary/aromatic N) is 3. The Morgan fingerprint density at radius 3 is 1.97 bits per heavy atom. The lowest BCUT2D eigenvalue weighted by atomic mass is 10.0. The summed E-state index contributed by atoms with van der Waals surface area (Å²) in [6.45, 7) is 7.78. The first kappa shape index (κ1) is 23.2. The summed E-state index contributed by atoms with van der Waals surface area (Å²) in [6.07, 6.45) is 0.961. The molecule has 174 valence electrons. The third-order valence-electron chi connectivity index (χ3n) is 5.32. The van der Waals surface area contributed by atoms with Crippen molar-refractivity contribution in [1.29, 1.82) is 0 Å². The minimum absolute atomic E-state index is 0.235. The van der Waals surface area contributed by atoms with Crippen LogP contribution >= 0.6 is 0 Å². The van der Waals surface area contributed by atoms with Gasteiger partial charge in [-0.05, 0) is 79.9 Å². The number of rotatable bonds is 10. The number of aromatic nitrogens is 3. The van der Waals surface area contributed by atoms with E-state index in [-0.39, 0.29) is 6.01 Å². The topological polar surface area (TPSA) is 66.4 Å². The number of hydrogen-bond donors (Lipinski definition) is 0. The Balaban J connectivity index is 1.66. The molecule has 0 saturated heterocycles. The Bertz CT molecular complexity index is 1210. The third-order valence-corrected chi connectivity index (χ3v) is 5.32. The average molecular weight is 456 g/mol. The van der Waals surface area contributed by atoms with E-state index in [2.05, 4.69) is 30.1 Å². The maximum absolute atomic E-state index is 5.92. The van der Waals surface area contributed by atoms with Crippen molar-refractivity contribution in [2.24, 2.45) is 0 Å². The van der Waals surface area contributed by atoms with E-state index in [1.165, 1.54) is 0 Å². The molecule has 3 aromatic carbocycles. The summed E-state index contributed by atoms with van der Waals surface area (Å²) < 4.78 is 17.2. The van der Waals surface area contributed by atoms with Gasteiger partial charge in [-0.25, -0.2) is 0 Å². The zero-order chi connectivity index (χ0) is 23.8. The van der Waals surface area contributed by atoms with Crippen LogP contribution in [0.4, 0.5) is 0 Å². The van der Waals surface area contributed by atoms with E-state index in [1.54, 1.807) is 0 Å². The molecule has 0 spiro atoms. The molecule has 0 amide bonds. The monoisotopic (exact) mass is 455 g/mol. The van der Waals surface area contributed by atoms with E-state index in [9.17, 15) is 0 Å². The van der Waals surface area contributed by atoms with Gasteiger partial charge in [0.25, 0.3) is 0 Å². The molecule has 1 aromatic heterocycles. The highest BCUT2D eigenvalue weighted by molar-refractivity contribution is 5.78. The normalized spacial score (nSPS) is 10.7. The first-order chi connectivity index (χ1) is 16.7. The fourth-order valence-electron chi connectivity index (χ4n) is 3.49. The molecule has 34 heavy (non-hydrogen) atoms. The van der Waals surface area contributed by atoms with Gasteiger partial charge in [-0.2, -0.15) is 4.98 Å². The molecule has 0 saturated carbocycles. The maximum atomic E-state index is 5.92. The van der Waals surface area contributed by atoms with Crippen LogP contribution in [-0.4, -0.2) is 28.4 Å². The van der Waals surface area contributed by atoms with Crippen LogP contribution < -0.4 is 14.2 Å². The van der Waals surface area contributed by atoms with Crippen LogP contribution in [0.25, 0.3) is 22.5 Å². The molecule has 6 heteroatoms. The molecular formula is C28H29N3O3. The minimum Gasteiger partial charge on any atom is -0.494 e. The van der Waals surface area contributed by atoms with E-state index in [0.717, 1.165) is 40.2 Å². The molecule has 4 rings (SSSR count). The molecular weight excluding hydrogens is 426 g/mol. The second kappa shape index (κ2) is 11.3. The van der Waals surface area contributed by atoms with Crippen LogP contribution in [0.15, 0.2) is 72.8 Å².